The van der Waals surface area contributed by atoms with Crippen LogP contribution in [0.3, 0.4) is 0 Å². The van der Waals surface area contributed by atoms with Crippen molar-refractivity contribution < 1.29 is 9.59 Å². The van der Waals surface area contributed by atoms with Gasteiger partial charge in [0, 0.05) is 14.1 Å². The van der Waals surface area contributed by atoms with Gasteiger partial charge in [0.05, 0.1) is 0 Å². The first-order chi connectivity index (χ1) is 3.72. The van der Waals surface area contributed by atoms with E-state index in [1.54, 1.807) is 0 Å². The summed E-state index contributed by atoms with van der Waals surface area (Å²) in [6.45, 7) is 0. The van der Waals surface area contributed by atoms with Gasteiger partial charge in [-0.25, -0.2) is 0 Å². The van der Waals surface area contributed by atoms with Crippen LogP contribution in [0, 0.1) is 0 Å². The fraction of sp³-hybridized carbons (Fsp3) is 0.500. The molecule has 0 aromatic rings. The zero-order valence-electron chi connectivity index (χ0n) is 4.82. The van der Waals surface area contributed by atoms with Gasteiger partial charge in [0.2, 0.25) is 0 Å². The second-order valence-electron chi connectivity index (χ2n) is 1.16. The van der Waals surface area contributed by atoms with Gasteiger partial charge in [-0.05, 0) is 0 Å². The van der Waals surface area contributed by atoms with Crippen molar-refractivity contribution >= 4 is 11.8 Å². The molecule has 0 bridgehead atoms. The van der Waals surface area contributed by atoms with Gasteiger partial charge in [-0.15, -0.1) is 0 Å². The average molecular weight is 120 g/mol. The third kappa shape index (κ3) is 1.59. The normalized spacial score (nSPS) is 7.75. The maximum atomic E-state index is 10.2. The van der Waals surface area contributed by atoms with E-state index in [9.17, 15) is 9.59 Å². The molecule has 0 radical (unpaired) electrons. The summed E-state index contributed by atoms with van der Waals surface area (Å²) >= 11 is 0. The van der Waals surface area contributed by atoms with E-state index in [2.05, 4.69) is 10.6 Å². The molecule has 0 heterocycles. The molecule has 0 unspecified atom stereocenters. The second kappa shape index (κ2) is 3.01. The van der Waals surface area contributed by atoms with Crippen molar-refractivity contribution in [3.8, 4) is 0 Å². The first-order valence-electron chi connectivity index (χ1n) is 2.16. The molecule has 46 valence electrons. The molecule has 0 rings (SSSR count). The Balaban J connectivity index is 3.64. The van der Waals surface area contributed by atoms with E-state index in [1.165, 1.54) is 14.1 Å². The van der Waals surface area contributed by atoms with Crippen LogP contribution in [0.5, 0.6) is 0 Å². The summed E-state index contributed by atoms with van der Waals surface area (Å²) in [4.78, 5) is 20.4. The summed E-state index contributed by atoms with van der Waals surface area (Å²) in [5, 5.41) is 4.33. The Morgan fingerprint density at radius 3 is 1.38 bits per heavy atom. The molecule has 0 atom stereocenters. The highest BCUT2D eigenvalue weighted by molar-refractivity contribution is 6.34. The molecule has 8 heavy (non-hydrogen) atoms. The largest absolute Gasteiger partial charge is 0.351 e. The molecule has 4 heteroatoms. The van der Waals surface area contributed by atoms with Gasteiger partial charge < -0.3 is 10.6 Å². The number of amides is 2. The number of likely N-dealkylation sites (N-methyl/N-ethyl adjacent to an activating group) is 2. The number of rotatable bonds is 0. The van der Waals surface area contributed by atoms with Crippen molar-refractivity contribution in [2.75, 3.05) is 14.1 Å². The van der Waals surface area contributed by atoms with Crippen molar-refractivity contribution in [3.63, 3.8) is 0 Å². The lowest BCUT2D eigenvalue weighted by Gasteiger charge is -1.93. The fourth-order valence-corrected chi connectivity index (χ4v) is 0.227. The topological polar surface area (TPSA) is 58.2 Å². The summed E-state index contributed by atoms with van der Waals surface area (Å²) in [6, 6.07) is 0. The van der Waals surface area contributed by atoms with Crippen LogP contribution >= 0.6 is 0 Å². The minimum atomic E-state index is -0.618. The van der Waals surface area contributed by atoms with Gasteiger partial charge in [0.25, 0.3) is 0 Å². The van der Waals surface area contributed by atoms with Crippen LogP contribution in [0.15, 0.2) is 0 Å². The number of hydrogen-bond acceptors (Lipinski definition) is 2. The van der Waals surface area contributed by atoms with Crippen LogP contribution < -0.4 is 10.6 Å². The lowest BCUT2D eigenvalue weighted by atomic mass is 11.4. The molecular weight excluding hydrogens is 112 g/mol. The van der Waals surface area contributed by atoms with Crippen molar-refractivity contribution in [2.24, 2.45) is 0 Å². The molecule has 0 aliphatic heterocycles. The Morgan fingerprint density at radius 1 is 1.00 bits per heavy atom. The molecule has 0 fully saturated rings. The quantitative estimate of drug-likeness (QED) is 0.301. The lowest BCUT2D eigenvalue weighted by Crippen LogP contribution is -2.35. The summed E-state index contributed by atoms with van der Waals surface area (Å²) in [5.41, 5.74) is 0. The van der Waals surface area contributed by atoms with Crippen LogP contribution in [0.4, 0.5) is 0 Å². The summed E-state index contributed by atoms with van der Waals surface area (Å²) in [6.07, 6.45) is 0. The van der Waals surface area contributed by atoms with Gasteiger partial charge in [0.15, 0.2) is 0 Å². The van der Waals surface area contributed by atoms with E-state index in [0.717, 1.165) is 0 Å². The molecule has 0 aliphatic rings. The zero-order chi connectivity index (χ0) is 6.57. The molecule has 0 saturated carbocycles. The van der Waals surface area contributed by atoms with Crippen molar-refractivity contribution in [1.82, 2.24) is 10.6 Å². The van der Waals surface area contributed by atoms with Crippen LogP contribution in [-0.2, 0) is 9.59 Å². The Kier molecular flexibility index (Phi) is 2.61. The summed E-state index contributed by atoms with van der Waals surface area (Å²) in [5.74, 6) is -1.24. The number of carbonyl (C=O) groups excluding carboxylic acids is 2. The van der Waals surface area contributed by atoms with E-state index in [1.807, 2.05) is 0 Å². The van der Waals surface area contributed by atoms with Gasteiger partial charge in [-0.2, -0.15) is 0 Å². The SMILES string of the molecule is [13CH3]N[13C](=O)[13C](=O)N[13CH3]. The maximum absolute atomic E-state index is 10.2. The third-order valence-corrected chi connectivity index (χ3v) is 0.660. The van der Waals surface area contributed by atoms with Crippen molar-refractivity contribution in [2.45, 2.75) is 0 Å². The summed E-state index contributed by atoms with van der Waals surface area (Å²) < 4.78 is 0. The molecule has 0 aromatic heterocycles. The number of nitrogens with one attached hydrogen (secondary N) is 2. The predicted octanol–water partition coefficient (Wildman–Crippen LogP) is -1.52. The molecule has 0 aliphatic carbocycles. The van der Waals surface area contributed by atoms with E-state index < -0.39 is 11.8 Å². The van der Waals surface area contributed by atoms with E-state index in [4.69, 9.17) is 0 Å². The van der Waals surface area contributed by atoms with Crippen LogP contribution in [0.2, 0.25) is 0 Å². The first kappa shape index (κ1) is 6.94. The average Bonchev–Trinajstić information content (AvgIpc) is 1.84. The van der Waals surface area contributed by atoms with Gasteiger partial charge in [-0.3, -0.25) is 9.59 Å². The molecule has 2 N–H and O–H groups in total. The molecule has 0 saturated heterocycles. The third-order valence-electron chi connectivity index (χ3n) is 0.660. The molecule has 4 nitrogen and oxygen atoms in total. The highest BCUT2D eigenvalue weighted by atomic mass is 16.3. The van der Waals surface area contributed by atoms with Crippen LogP contribution in [-0.4, -0.2) is 25.9 Å². The monoisotopic (exact) mass is 120 g/mol. The fourth-order valence-electron chi connectivity index (χ4n) is 0.227. The number of carbonyl (C=O) groups is 2. The molecule has 0 aromatic carbocycles. The standard InChI is InChI=1S/C4H8N2O2/c1-5-3(7)4(8)6-2/h1-2H3,(H,5,7)(H,6,8)/i1+1,2+1,3+1,4+1. The molecule has 0 spiro atoms. The Hall–Kier alpha value is -1.06. The van der Waals surface area contributed by atoms with E-state index in [-0.39, 0.29) is 0 Å². The molecular formula is C4H8N2O2. The lowest BCUT2D eigenvalue weighted by molar-refractivity contribution is -0.138. The predicted molar refractivity (Wildman–Crippen MR) is 28.1 cm³/mol. The Morgan fingerprint density at radius 2 is 1.25 bits per heavy atom. The Labute approximate surface area is 47.3 Å². The van der Waals surface area contributed by atoms with Gasteiger partial charge in [0.1, 0.15) is 0 Å². The van der Waals surface area contributed by atoms with Gasteiger partial charge in [-0.1, -0.05) is 0 Å². The van der Waals surface area contributed by atoms with Crippen molar-refractivity contribution in [3.05, 3.63) is 0 Å². The minimum Gasteiger partial charge on any atom is -0.351 e. The zero-order valence-corrected chi connectivity index (χ0v) is 4.82. The second-order valence-corrected chi connectivity index (χ2v) is 1.16. The number of hydrogen-bond donors (Lipinski definition) is 2. The van der Waals surface area contributed by atoms with Crippen LogP contribution in [0.25, 0.3) is 0 Å². The van der Waals surface area contributed by atoms with Crippen LogP contribution in [0.1, 0.15) is 0 Å². The Bertz CT molecular complexity index is 96.6. The minimum absolute atomic E-state index is 0.618. The highest BCUT2D eigenvalue weighted by Gasteiger charge is 2.05. The smallest absolute Gasteiger partial charge is 0.309 e. The van der Waals surface area contributed by atoms with Gasteiger partial charge >= 0.3 is 11.8 Å². The maximum Gasteiger partial charge on any atom is 0.309 e. The highest BCUT2D eigenvalue weighted by Crippen LogP contribution is 1.59. The van der Waals surface area contributed by atoms with Crippen molar-refractivity contribution in [1.29, 1.82) is 0 Å². The van der Waals surface area contributed by atoms with E-state index >= 15 is 0 Å². The summed E-state index contributed by atoms with van der Waals surface area (Å²) in [7, 11) is 2.80. The first-order valence-corrected chi connectivity index (χ1v) is 2.16. The molecule has 2 amide bonds. The van der Waals surface area contributed by atoms with E-state index in [0.29, 0.717) is 0 Å².